The number of hydrogen-bond acceptors (Lipinski definition) is 3. The van der Waals surface area contributed by atoms with Crippen molar-refractivity contribution in [1.82, 2.24) is 5.32 Å². The molecule has 0 aliphatic rings. The first-order valence-electron chi connectivity index (χ1n) is 7.66. The number of rotatable bonds is 7. The molecule has 5 heteroatoms. The van der Waals surface area contributed by atoms with E-state index < -0.39 is 0 Å². The third-order valence-corrected chi connectivity index (χ3v) is 3.70. The molecule has 2 rings (SSSR count). The maximum Gasteiger partial charge on any atom is 0.287 e. The van der Waals surface area contributed by atoms with E-state index in [-0.39, 0.29) is 29.5 Å². The molecule has 0 saturated carbocycles. The number of aliphatic hydroxyl groups excluding tert-OH is 1. The van der Waals surface area contributed by atoms with Crippen molar-refractivity contribution in [2.75, 3.05) is 13.2 Å². The molecule has 2 aromatic rings. The summed E-state index contributed by atoms with van der Waals surface area (Å²) in [4.78, 5) is 12.0. The Hall–Kier alpha value is -2.14. The van der Waals surface area contributed by atoms with Gasteiger partial charge in [-0.25, -0.2) is 4.39 Å². The van der Waals surface area contributed by atoms with Gasteiger partial charge in [0.05, 0.1) is 0 Å². The van der Waals surface area contributed by atoms with Gasteiger partial charge in [0.2, 0.25) is 0 Å². The average Bonchev–Trinajstić information content (AvgIpc) is 3.02. The van der Waals surface area contributed by atoms with Gasteiger partial charge in [-0.1, -0.05) is 13.8 Å². The van der Waals surface area contributed by atoms with Crippen molar-refractivity contribution in [1.29, 1.82) is 0 Å². The predicted molar refractivity (Wildman–Crippen MR) is 86.5 cm³/mol. The van der Waals surface area contributed by atoms with Gasteiger partial charge in [0.25, 0.3) is 5.91 Å². The van der Waals surface area contributed by atoms with Gasteiger partial charge in [-0.05, 0) is 54.7 Å². The maximum atomic E-state index is 12.9. The minimum Gasteiger partial charge on any atom is -0.451 e. The molecule has 1 amide bonds. The lowest BCUT2D eigenvalue weighted by atomic mass is 9.89. The van der Waals surface area contributed by atoms with Crippen molar-refractivity contribution in [3.05, 3.63) is 48.0 Å². The molecule has 124 valence electrons. The van der Waals surface area contributed by atoms with Crippen LogP contribution in [0.4, 0.5) is 4.39 Å². The van der Waals surface area contributed by atoms with Gasteiger partial charge >= 0.3 is 0 Å². The summed E-state index contributed by atoms with van der Waals surface area (Å²) in [6.45, 7) is 4.61. The summed E-state index contributed by atoms with van der Waals surface area (Å²) in [7, 11) is 0. The summed E-state index contributed by atoms with van der Waals surface area (Å²) in [5, 5.41) is 12.0. The van der Waals surface area contributed by atoms with Crippen molar-refractivity contribution < 1.29 is 18.7 Å². The second kappa shape index (κ2) is 7.42. The Morgan fingerprint density at radius 1 is 1.22 bits per heavy atom. The van der Waals surface area contributed by atoms with Crippen molar-refractivity contribution in [2.45, 2.75) is 26.7 Å². The highest BCUT2D eigenvalue weighted by Gasteiger charge is 2.16. The highest BCUT2D eigenvalue weighted by atomic mass is 19.1. The minimum absolute atomic E-state index is 0.125. The lowest BCUT2D eigenvalue weighted by Gasteiger charge is -2.21. The number of amides is 1. The first-order valence-corrected chi connectivity index (χ1v) is 7.66. The Morgan fingerprint density at radius 2 is 1.91 bits per heavy atom. The van der Waals surface area contributed by atoms with Crippen LogP contribution in [0, 0.1) is 11.2 Å². The molecule has 0 atom stereocenters. The lowest BCUT2D eigenvalue weighted by molar-refractivity contribution is 0.0922. The first-order chi connectivity index (χ1) is 10.9. The van der Waals surface area contributed by atoms with E-state index in [4.69, 9.17) is 4.42 Å². The summed E-state index contributed by atoms with van der Waals surface area (Å²) in [5.41, 5.74) is 0.584. The van der Waals surface area contributed by atoms with Crippen LogP contribution in [0.25, 0.3) is 11.3 Å². The van der Waals surface area contributed by atoms with Crippen LogP contribution in [0.3, 0.4) is 0 Å². The summed E-state index contributed by atoms with van der Waals surface area (Å²) in [6.07, 6.45) is 1.60. The van der Waals surface area contributed by atoms with E-state index in [0.717, 1.165) is 18.4 Å². The molecule has 1 heterocycles. The molecule has 0 aliphatic carbocycles. The van der Waals surface area contributed by atoms with Gasteiger partial charge in [0, 0.05) is 18.7 Å². The normalized spacial score (nSPS) is 11.5. The van der Waals surface area contributed by atoms with E-state index in [9.17, 15) is 14.3 Å². The average molecular weight is 319 g/mol. The van der Waals surface area contributed by atoms with Gasteiger partial charge in [-0.2, -0.15) is 0 Å². The van der Waals surface area contributed by atoms with Crippen molar-refractivity contribution in [2.24, 2.45) is 5.41 Å². The molecule has 0 bridgehead atoms. The fourth-order valence-electron chi connectivity index (χ4n) is 2.16. The summed E-state index contributed by atoms with van der Waals surface area (Å²) >= 11 is 0. The van der Waals surface area contributed by atoms with Crippen LogP contribution in [0.2, 0.25) is 0 Å². The fourth-order valence-corrected chi connectivity index (χ4v) is 2.16. The Labute approximate surface area is 135 Å². The van der Waals surface area contributed by atoms with E-state index in [2.05, 4.69) is 5.32 Å². The van der Waals surface area contributed by atoms with Crippen LogP contribution in [-0.2, 0) is 0 Å². The first kappa shape index (κ1) is 17.2. The molecular weight excluding hydrogens is 297 g/mol. The third-order valence-electron chi connectivity index (χ3n) is 3.70. The zero-order chi connectivity index (χ0) is 16.9. The summed E-state index contributed by atoms with van der Waals surface area (Å²) in [6, 6.07) is 9.20. The number of aliphatic hydroxyl groups is 1. The molecule has 0 fully saturated rings. The van der Waals surface area contributed by atoms with E-state index in [0.29, 0.717) is 12.3 Å². The van der Waals surface area contributed by atoms with Crippen LogP contribution >= 0.6 is 0 Å². The minimum atomic E-state index is -0.316. The predicted octanol–water partition coefficient (Wildman–Crippen LogP) is 3.61. The molecule has 4 nitrogen and oxygen atoms in total. The lowest BCUT2D eigenvalue weighted by Crippen LogP contribution is -2.26. The van der Waals surface area contributed by atoms with Crippen molar-refractivity contribution >= 4 is 5.91 Å². The van der Waals surface area contributed by atoms with Crippen molar-refractivity contribution in [3.8, 4) is 11.3 Å². The molecule has 23 heavy (non-hydrogen) atoms. The Bertz CT molecular complexity index is 647. The van der Waals surface area contributed by atoms with E-state index in [1.165, 1.54) is 12.1 Å². The summed E-state index contributed by atoms with van der Waals surface area (Å²) < 4.78 is 18.4. The number of benzene rings is 1. The Morgan fingerprint density at radius 3 is 2.57 bits per heavy atom. The fraction of sp³-hybridized carbons (Fsp3) is 0.389. The summed E-state index contributed by atoms with van der Waals surface area (Å²) in [5.74, 6) is 0.159. The van der Waals surface area contributed by atoms with Gasteiger partial charge < -0.3 is 14.8 Å². The zero-order valence-corrected chi connectivity index (χ0v) is 13.4. The number of carbonyl (C=O) groups excluding carboxylic acids is 1. The highest BCUT2D eigenvalue weighted by molar-refractivity contribution is 5.92. The SMILES string of the molecule is CC(C)(CO)CCCNC(=O)c1ccc(-c2ccc(F)cc2)o1. The van der Waals surface area contributed by atoms with Gasteiger partial charge in [0.1, 0.15) is 11.6 Å². The van der Waals surface area contributed by atoms with Gasteiger partial charge in [0.15, 0.2) is 5.76 Å². The van der Waals surface area contributed by atoms with Gasteiger partial charge in [-0.15, -0.1) is 0 Å². The molecule has 1 aromatic heterocycles. The molecule has 0 radical (unpaired) electrons. The van der Waals surface area contributed by atoms with E-state index in [1.54, 1.807) is 24.3 Å². The number of nitrogens with one attached hydrogen (secondary N) is 1. The smallest absolute Gasteiger partial charge is 0.287 e. The van der Waals surface area contributed by atoms with Crippen molar-refractivity contribution in [3.63, 3.8) is 0 Å². The highest BCUT2D eigenvalue weighted by Crippen LogP contribution is 2.23. The van der Waals surface area contributed by atoms with Crippen LogP contribution < -0.4 is 5.32 Å². The van der Waals surface area contributed by atoms with E-state index in [1.807, 2.05) is 13.8 Å². The van der Waals surface area contributed by atoms with Gasteiger partial charge in [-0.3, -0.25) is 4.79 Å². The zero-order valence-electron chi connectivity index (χ0n) is 13.4. The molecule has 1 aromatic carbocycles. The third kappa shape index (κ3) is 4.93. The number of hydrogen-bond donors (Lipinski definition) is 2. The standard InChI is InChI=1S/C18H22FNO3/c1-18(2,12-21)10-3-11-20-17(22)16-9-8-15(23-16)13-4-6-14(19)7-5-13/h4-9,21H,3,10-12H2,1-2H3,(H,20,22). The molecular formula is C18H22FNO3. The van der Waals surface area contributed by atoms with Crippen LogP contribution in [0.5, 0.6) is 0 Å². The molecule has 0 unspecified atom stereocenters. The second-order valence-corrected chi connectivity index (χ2v) is 6.35. The number of carbonyl (C=O) groups is 1. The quantitative estimate of drug-likeness (QED) is 0.766. The van der Waals surface area contributed by atoms with E-state index >= 15 is 0 Å². The molecule has 0 spiro atoms. The molecule has 0 saturated heterocycles. The van der Waals surface area contributed by atoms with Crippen LogP contribution in [0.1, 0.15) is 37.2 Å². The van der Waals surface area contributed by atoms with Crippen LogP contribution in [-0.4, -0.2) is 24.2 Å². The monoisotopic (exact) mass is 319 g/mol. The molecule has 0 aliphatic heterocycles. The number of furan rings is 1. The van der Waals surface area contributed by atoms with Crippen LogP contribution in [0.15, 0.2) is 40.8 Å². The Balaban J connectivity index is 1.88. The largest absolute Gasteiger partial charge is 0.451 e. The number of halogens is 1. The topological polar surface area (TPSA) is 62.5 Å². The maximum absolute atomic E-state index is 12.9. The second-order valence-electron chi connectivity index (χ2n) is 6.35. The molecule has 2 N–H and O–H groups in total. The Kier molecular flexibility index (Phi) is 5.55.